The quantitative estimate of drug-likeness (QED) is 0.763. The Morgan fingerprint density at radius 3 is 2.94 bits per heavy atom. The summed E-state index contributed by atoms with van der Waals surface area (Å²) in [6.07, 6.45) is 3.73. The molecule has 3 rings (SSSR count). The van der Waals surface area contributed by atoms with Crippen LogP contribution in [0, 0.1) is 0 Å². The van der Waals surface area contributed by atoms with Gasteiger partial charge in [-0.1, -0.05) is 6.07 Å². The number of benzene rings is 1. The molecule has 0 fully saturated rings. The fraction of sp³-hybridized carbons (Fsp3) is 0.214. The molecule has 0 unspecified atom stereocenters. The zero-order valence-corrected chi connectivity index (χ0v) is 9.99. The molecule has 0 aliphatic carbocycles. The number of aromatic nitrogens is 1. The summed E-state index contributed by atoms with van der Waals surface area (Å²) >= 11 is 0. The Labute approximate surface area is 105 Å². The number of carbonyl (C=O) groups excluding carboxylic acids is 1. The predicted octanol–water partition coefficient (Wildman–Crippen LogP) is 1.55. The van der Waals surface area contributed by atoms with Crippen LogP contribution in [0.25, 0.3) is 0 Å². The molecule has 0 radical (unpaired) electrons. The summed E-state index contributed by atoms with van der Waals surface area (Å²) in [5.41, 5.74) is 4.32. The maximum absolute atomic E-state index is 12.0. The van der Waals surface area contributed by atoms with Crippen LogP contribution in [0.15, 0.2) is 36.7 Å². The number of rotatable bonds is 3. The van der Waals surface area contributed by atoms with Gasteiger partial charge in [-0.2, -0.15) is 0 Å². The van der Waals surface area contributed by atoms with E-state index in [-0.39, 0.29) is 5.91 Å². The summed E-state index contributed by atoms with van der Waals surface area (Å²) < 4.78 is 0. The van der Waals surface area contributed by atoms with Crippen molar-refractivity contribution in [3.63, 3.8) is 0 Å². The predicted molar refractivity (Wildman–Crippen MR) is 68.9 cm³/mol. The van der Waals surface area contributed by atoms with E-state index in [1.807, 2.05) is 36.7 Å². The van der Waals surface area contributed by atoms with Crippen molar-refractivity contribution < 1.29 is 4.79 Å². The minimum absolute atomic E-state index is 0.0223. The molecule has 0 saturated carbocycles. The average Bonchev–Trinajstić information content (AvgIpc) is 3.05. The SMILES string of the molecule is O=C(NCc1cc[nH]c1)c1ccc2c(c1)CNC2. The third-order valence-corrected chi connectivity index (χ3v) is 3.21. The number of fused-ring (bicyclic) bond motifs is 1. The Morgan fingerprint density at radius 2 is 2.11 bits per heavy atom. The summed E-state index contributed by atoms with van der Waals surface area (Å²) in [6.45, 7) is 2.31. The van der Waals surface area contributed by atoms with Gasteiger partial charge in [0, 0.05) is 37.6 Å². The van der Waals surface area contributed by atoms with E-state index in [0.29, 0.717) is 6.54 Å². The van der Waals surface area contributed by atoms with Gasteiger partial charge < -0.3 is 15.6 Å². The number of hydrogen-bond acceptors (Lipinski definition) is 2. The van der Waals surface area contributed by atoms with Crippen molar-refractivity contribution in [3.8, 4) is 0 Å². The lowest BCUT2D eigenvalue weighted by Crippen LogP contribution is -2.22. The van der Waals surface area contributed by atoms with E-state index in [9.17, 15) is 4.79 Å². The van der Waals surface area contributed by atoms with Gasteiger partial charge in [0.25, 0.3) is 5.91 Å². The second-order valence-electron chi connectivity index (χ2n) is 4.49. The number of nitrogens with one attached hydrogen (secondary N) is 3. The van der Waals surface area contributed by atoms with Crippen LogP contribution in [0.3, 0.4) is 0 Å². The van der Waals surface area contributed by atoms with Crippen molar-refractivity contribution in [1.82, 2.24) is 15.6 Å². The van der Waals surface area contributed by atoms with Gasteiger partial charge in [-0.25, -0.2) is 0 Å². The van der Waals surface area contributed by atoms with Crippen LogP contribution in [0.1, 0.15) is 27.0 Å². The first-order chi connectivity index (χ1) is 8.83. The first-order valence-corrected chi connectivity index (χ1v) is 6.05. The Morgan fingerprint density at radius 1 is 1.22 bits per heavy atom. The van der Waals surface area contributed by atoms with Crippen molar-refractivity contribution in [2.45, 2.75) is 19.6 Å². The maximum atomic E-state index is 12.0. The van der Waals surface area contributed by atoms with E-state index < -0.39 is 0 Å². The zero-order valence-electron chi connectivity index (χ0n) is 9.99. The Kier molecular flexibility index (Phi) is 2.86. The highest BCUT2D eigenvalue weighted by Crippen LogP contribution is 2.17. The molecule has 3 N–H and O–H groups in total. The van der Waals surface area contributed by atoms with Crippen LogP contribution in [-0.2, 0) is 19.6 Å². The lowest BCUT2D eigenvalue weighted by Gasteiger charge is -2.05. The molecule has 2 heterocycles. The monoisotopic (exact) mass is 241 g/mol. The largest absolute Gasteiger partial charge is 0.367 e. The van der Waals surface area contributed by atoms with Gasteiger partial charge >= 0.3 is 0 Å². The molecule has 92 valence electrons. The molecule has 4 nitrogen and oxygen atoms in total. The maximum Gasteiger partial charge on any atom is 0.251 e. The van der Waals surface area contributed by atoms with Gasteiger partial charge in [0.05, 0.1) is 0 Å². The lowest BCUT2D eigenvalue weighted by atomic mass is 10.1. The van der Waals surface area contributed by atoms with Crippen LogP contribution in [0.5, 0.6) is 0 Å². The molecule has 1 aromatic carbocycles. The van der Waals surface area contributed by atoms with Crippen LogP contribution in [0.2, 0.25) is 0 Å². The van der Waals surface area contributed by atoms with E-state index in [4.69, 9.17) is 0 Å². The van der Waals surface area contributed by atoms with E-state index in [1.54, 1.807) is 0 Å². The van der Waals surface area contributed by atoms with Gasteiger partial charge in [-0.3, -0.25) is 4.79 Å². The van der Waals surface area contributed by atoms with E-state index in [0.717, 1.165) is 24.2 Å². The van der Waals surface area contributed by atoms with Crippen LogP contribution >= 0.6 is 0 Å². The summed E-state index contributed by atoms with van der Waals surface area (Å²) in [6, 6.07) is 7.84. The third kappa shape index (κ3) is 2.15. The topological polar surface area (TPSA) is 56.9 Å². The molecule has 1 aliphatic rings. The van der Waals surface area contributed by atoms with Crippen molar-refractivity contribution >= 4 is 5.91 Å². The molecule has 18 heavy (non-hydrogen) atoms. The number of hydrogen-bond donors (Lipinski definition) is 3. The van der Waals surface area contributed by atoms with Gasteiger partial charge in [-0.05, 0) is 34.9 Å². The number of H-pyrrole nitrogens is 1. The molecule has 0 bridgehead atoms. The van der Waals surface area contributed by atoms with Crippen molar-refractivity contribution in [2.24, 2.45) is 0 Å². The van der Waals surface area contributed by atoms with Crippen molar-refractivity contribution in [3.05, 3.63) is 58.9 Å². The van der Waals surface area contributed by atoms with Crippen molar-refractivity contribution in [1.29, 1.82) is 0 Å². The van der Waals surface area contributed by atoms with E-state index in [1.165, 1.54) is 11.1 Å². The van der Waals surface area contributed by atoms with Crippen LogP contribution < -0.4 is 10.6 Å². The second kappa shape index (κ2) is 4.66. The Bertz CT molecular complexity index is 560. The zero-order chi connectivity index (χ0) is 12.4. The van der Waals surface area contributed by atoms with E-state index in [2.05, 4.69) is 15.6 Å². The Hall–Kier alpha value is -2.07. The molecule has 0 spiro atoms. The summed E-state index contributed by atoms with van der Waals surface area (Å²) in [7, 11) is 0. The molecule has 0 atom stereocenters. The fourth-order valence-electron chi connectivity index (χ4n) is 2.19. The van der Waals surface area contributed by atoms with Crippen LogP contribution in [-0.4, -0.2) is 10.9 Å². The standard InChI is InChI=1S/C14H15N3O/c18-14(17-7-10-3-4-15-6-10)11-1-2-12-8-16-9-13(12)5-11/h1-6,15-16H,7-9H2,(H,17,18). The van der Waals surface area contributed by atoms with Crippen molar-refractivity contribution in [2.75, 3.05) is 0 Å². The second-order valence-corrected chi connectivity index (χ2v) is 4.49. The minimum atomic E-state index is -0.0223. The van der Waals surface area contributed by atoms with Gasteiger partial charge in [0.2, 0.25) is 0 Å². The summed E-state index contributed by atoms with van der Waals surface area (Å²) in [4.78, 5) is 15.0. The summed E-state index contributed by atoms with van der Waals surface area (Å²) in [5.74, 6) is -0.0223. The third-order valence-electron chi connectivity index (χ3n) is 3.21. The molecular weight excluding hydrogens is 226 g/mol. The highest BCUT2D eigenvalue weighted by molar-refractivity contribution is 5.94. The molecule has 1 amide bonds. The Balaban J connectivity index is 1.69. The number of amides is 1. The number of carbonyl (C=O) groups is 1. The molecular formula is C14H15N3O. The average molecular weight is 241 g/mol. The van der Waals surface area contributed by atoms with Crippen LogP contribution in [0.4, 0.5) is 0 Å². The normalized spacial score (nSPS) is 13.3. The molecule has 4 heteroatoms. The highest BCUT2D eigenvalue weighted by atomic mass is 16.1. The minimum Gasteiger partial charge on any atom is -0.367 e. The summed E-state index contributed by atoms with van der Waals surface area (Å²) in [5, 5.41) is 6.19. The van der Waals surface area contributed by atoms with Gasteiger partial charge in [0.15, 0.2) is 0 Å². The molecule has 0 saturated heterocycles. The molecule has 2 aromatic rings. The molecule has 1 aliphatic heterocycles. The fourth-order valence-corrected chi connectivity index (χ4v) is 2.19. The van der Waals surface area contributed by atoms with E-state index >= 15 is 0 Å². The highest BCUT2D eigenvalue weighted by Gasteiger charge is 2.13. The first-order valence-electron chi connectivity index (χ1n) is 6.05. The van der Waals surface area contributed by atoms with Gasteiger partial charge in [-0.15, -0.1) is 0 Å². The number of aromatic amines is 1. The lowest BCUT2D eigenvalue weighted by molar-refractivity contribution is 0.0951. The smallest absolute Gasteiger partial charge is 0.251 e. The first kappa shape index (κ1) is 11.0. The van der Waals surface area contributed by atoms with Gasteiger partial charge in [0.1, 0.15) is 0 Å². The molecule has 1 aromatic heterocycles.